The number of ether oxygens (including phenoxy) is 1. The van der Waals surface area contributed by atoms with Crippen LogP contribution < -0.4 is 14.5 Å². The Balaban J connectivity index is 1.92. The molecular formula is C28H28N2O4. The topological polar surface area (TPSA) is 70.1 Å². The number of aliphatic hydroxyl groups is 1. The van der Waals surface area contributed by atoms with Crippen molar-refractivity contribution in [1.29, 1.82) is 0 Å². The van der Waals surface area contributed by atoms with Gasteiger partial charge in [-0.15, -0.1) is 0 Å². The molecule has 1 N–H and O–H groups in total. The molecule has 0 spiro atoms. The van der Waals surface area contributed by atoms with Crippen molar-refractivity contribution >= 4 is 28.8 Å². The second-order valence-electron chi connectivity index (χ2n) is 7.97. The molecule has 1 unspecified atom stereocenters. The molecule has 1 fully saturated rings. The molecule has 1 saturated heterocycles. The molecule has 1 aliphatic rings. The van der Waals surface area contributed by atoms with Gasteiger partial charge in [0.05, 0.1) is 24.4 Å². The van der Waals surface area contributed by atoms with Crippen molar-refractivity contribution in [2.24, 2.45) is 0 Å². The summed E-state index contributed by atoms with van der Waals surface area (Å²) in [6.07, 6.45) is 0. The second kappa shape index (κ2) is 9.83. The summed E-state index contributed by atoms with van der Waals surface area (Å²) >= 11 is 0. The van der Waals surface area contributed by atoms with E-state index in [0.717, 1.165) is 24.3 Å². The maximum atomic E-state index is 13.3. The molecule has 0 bridgehead atoms. The summed E-state index contributed by atoms with van der Waals surface area (Å²) in [6.45, 7) is 5.91. The van der Waals surface area contributed by atoms with Crippen LogP contribution in [-0.2, 0) is 9.59 Å². The Bertz CT molecular complexity index is 1210. The number of carbonyl (C=O) groups excluding carboxylic acids is 2. The minimum atomic E-state index is -0.803. The average Bonchev–Trinajstić information content (AvgIpc) is 3.15. The van der Waals surface area contributed by atoms with Crippen LogP contribution in [0.4, 0.5) is 11.4 Å². The van der Waals surface area contributed by atoms with Crippen molar-refractivity contribution in [1.82, 2.24) is 0 Å². The van der Waals surface area contributed by atoms with Crippen LogP contribution in [0.5, 0.6) is 5.75 Å². The average molecular weight is 457 g/mol. The SMILES string of the molecule is CCN(CC)c1ccc(C2/C(=C(/O)c3ccccc3)C(=O)C(=O)N2c2ccccc2OC)cc1. The van der Waals surface area contributed by atoms with Crippen LogP contribution in [0.2, 0.25) is 0 Å². The minimum absolute atomic E-state index is 0.0534. The van der Waals surface area contributed by atoms with E-state index < -0.39 is 17.7 Å². The van der Waals surface area contributed by atoms with Gasteiger partial charge in [-0.05, 0) is 43.7 Å². The molecule has 3 aromatic carbocycles. The molecule has 1 aliphatic heterocycles. The van der Waals surface area contributed by atoms with Crippen molar-refractivity contribution in [2.75, 3.05) is 30.0 Å². The highest BCUT2D eigenvalue weighted by atomic mass is 16.5. The fourth-order valence-corrected chi connectivity index (χ4v) is 4.43. The van der Waals surface area contributed by atoms with E-state index >= 15 is 0 Å². The quantitative estimate of drug-likeness (QED) is 0.302. The number of benzene rings is 3. The third kappa shape index (κ3) is 4.03. The Labute approximate surface area is 199 Å². The Kier molecular flexibility index (Phi) is 6.68. The van der Waals surface area contributed by atoms with Crippen molar-refractivity contribution in [2.45, 2.75) is 19.9 Å². The van der Waals surface area contributed by atoms with E-state index in [2.05, 4.69) is 18.7 Å². The highest BCUT2D eigenvalue weighted by molar-refractivity contribution is 6.51. The molecule has 1 atom stereocenters. The smallest absolute Gasteiger partial charge is 0.300 e. The highest BCUT2D eigenvalue weighted by Crippen LogP contribution is 2.45. The van der Waals surface area contributed by atoms with Gasteiger partial charge in [0.15, 0.2) is 0 Å². The van der Waals surface area contributed by atoms with Crippen molar-refractivity contribution in [3.05, 3.63) is 95.6 Å². The number of Topliss-reactive ketones (excluding diaryl/α,β-unsaturated/α-hetero) is 1. The number of amides is 1. The van der Waals surface area contributed by atoms with Gasteiger partial charge < -0.3 is 14.7 Å². The van der Waals surface area contributed by atoms with Crippen molar-refractivity contribution in [3.8, 4) is 5.75 Å². The van der Waals surface area contributed by atoms with Crippen LogP contribution in [0.25, 0.3) is 5.76 Å². The molecule has 0 radical (unpaired) electrons. The van der Waals surface area contributed by atoms with E-state index in [1.807, 2.05) is 30.3 Å². The van der Waals surface area contributed by atoms with Crippen LogP contribution in [0, 0.1) is 0 Å². The van der Waals surface area contributed by atoms with E-state index in [9.17, 15) is 14.7 Å². The van der Waals surface area contributed by atoms with Crippen LogP contribution in [0.15, 0.2) is 84.4 Å². The van der Waals surface area contributed by atoms with Gasteiger partial charge >= 0.3 is 0 Å². The first kappa shape index (κ1) is 23.1. The van der Waals surface area contributed by atoms with Gasteiger partial charge in [-0.25, -0.2) is 0 Å². The first-order valence-corrected chi connectivity index (χ1v) is 11.4. The predicted molar refractivity (Wildman–Crippen MR) is 134 cm³/mol. The Morgan fingerprint density at radius 2 is 1.53 bits per heavy atom. The van der Waals surface area contributed by atoms with Gasteiger partial charge in [0.25, 0.3) is 11.7 Å². The minimum Gasteiger partial charge on any atom is -0.507 e. The normalized spacial score (nSPS) is 17.1. The molecular weight excluding hydrogens is 428 g/mol. The standard InChI is InChI=1S/C28H28N2O4/c1-4-29(5-2)21-17-15-19(16-18-21)25-24(26(31)20-11-7-6-8-12-20)27(32)28(33)30(25)22-13-9-10-14-23(22)34-3/h6-18,25,31H,4-5H2,1-3H3/b26-24-. The van der Waals surface area contributed by atoms with Crippen LogP contribution in [-0.4, -0.2) is 37.0 Å². The first-order valence-electron chi connectivity index (χ1n) is 11.4. The number of hydrogen-bond acceptors (Lipinski definition) is 5. The van der Waals surface area contributed by atoms with Crippen LogP contribution >= 0.6 is 0 Å². The van der Waals surface area contributed by atoms with E-state index in [1.165, 1.54) is 12.0 Å². The number of aliphatic hydroxyl groups excluding tert-OH is 1. The Morgan fingerprint density at radius 1 is 0.912 bits per heavy atom. The Hall–Kier alpha value is -4.06. The molecule has 0 aliphatic carbocycles. The largest absolute Gasteiger partial charge is 0.507 e. The number of ketones is 1. The number of carbonyl (C=O) groups is 2. The molecule has 1 heterocycles. The molecule has 6 nitrogen and oxygen atoms in total. The van der Waals surface area contributed by atoms with Gasteiger partial charge in [0, 0.05) is 24.3 Å². The summed E-state index contributed by atoms with van der Waals surface area (Å²) in [6, 6.07) is 22.9. The summed E-state index contributed by atoms with van der Waals surface area (Å²) in [4.78, 5) is 30.3. The lowest BCUT2D eigenvalue weighted by Crippen LogP contribution is -2.30. The molecule has 174 valence electrons. The molecule has 0 aromatic heterocycles. The summed E-state index contributed by atoms with van der Waals surface area (Å²) in [5.41, 5.74) is 2.77. The number of para-hydroxylation sites is 2. The lowest BCUT2D eigenvalue weighted by atomic mass is 9.95. The molecule has 1 amide bonds. The number of nitrogens with zero attached hydrogens (tertiary/aromatic N) is 2. The zero-order valence-corrected chi connectivity index (χ0v) is 19.6. The maximum absolute atomic E-state index is 13.3. The molecule has 0 saturated carbocycles. The number of rotatable bonds is 7. The van der Waals surface area contributed by atoms with E-state index in [-0.39, 0.29) is 11.3 Å². The summed E-state index contributed by atoms with van der Waals surface area (Å²) in [5, 5.41) is 11.2. The number of methoxy groups -OCH3 is 1. The van der Waals surface area contributed by atoms with Crippen molar-refractivity contribution in [3.63, 3.8) is 0 Å². The van der Waals surface area contributed by atoms with Crippen LogP contribution in [0.1, 0.15) is 31.0 Å². The Morgan fingerprint density at radius 3 is 2.15 bits per heavy atom. The van der Waals surface area contributed by atoms with Gasteiger partial charge in [-0.2, -0.15) is 0 Å². The van der Waals surface area contributed by atoms with Gasteiger partial charge in [0.2, 0.25) is 0 Å². The maximum Gasteiger partial charge on any atom is 0.300 e. The fourth-order valence-electron chi connectivity index (χ4n) is 4.43. The zero-order chi connectivity index (χ0) is 24.2. The molecule has 3 aromatic rings. The number of hydrogen-bond donors (Lipinski definition) is 1. The summed E-state index contributed by atoms with van der Waals surface area (Å²) < 4.78 is 5.50. The van der Waals surface area contributed by atoms with Gasteiger partial charge in [-0.1, -0.05) is 54.6 Å². The first-order chi connectivity index (χ1) is 16.5. The highest BCUT2D eigenvalue weighted by Gasteiger charge is 2.47. The zero-order valence-electron chi connectivity index (χ0n) is 19.6. The third-order valence-corrected chi connectivity index (χ3v) is 6.17. The molecule has 34 heavy (non-hydrogen) atoms. The van der Waals surface area contributed by atoms with E-state index in [0.29, 0.717) is 17.0 Å². The summed E-state index contributed by atoms with van der Waals surface area (Å²) in [7, 11) is 1.52. The predicted octanol–water partition coefficient (Wildman–Crippen LogP) is 5.17. The molecule has 6 heteroatoms. The summed E-state index contributed by atoms with van der Waals surface area (Å²) in [5.74, 6) is -1.17. The second-order valence-corrected chi connectivity index (χ2v) is 7.97. The third-order valence-electron chi connectivity index (χ3n) is 6.17. The van der Waals surface area contributed by atoms with Crippen molar-refractivity contribution < 1.29 is 19.4 Å². The van der Waals surface area contributed by atoms with E-state index in [4.69, 9.17) is 4.74 Å². The van der Waals surface area contributed by atoms with Crippen LogP contribution in [0.3, 0.4) is 0 Å². The lowest BCUT2D eigenvalue weighted by molar-refractivity contribution is -0.132. The lowest BCUT2D eigenvalue weighted by Gasteiger charge is -2.27. The van der Waals surface area contributed by atoms with E-state index in [1.54, 1.807) is 48.5 Å². The number of anilines is 2. The molecule has 4 rings (SSSR count). The van der Waals surface area contributed by atoms with Gasteiger partial charge in [-0.3, -0.25) is 14.5 Å². The van der Waals surface area contributed by atoms with Gasteiger partial charge in [0.1, 0.15) is 11.5 Å². The fraction of sp³-hybridized carbons (Fsp3) is 0.214. The monoisotopic (exact) mass is 456 g/mol.